The lowest BCUT2D eigenvalue weighted by molar-refractivity contribution is -0.123. The van der Waals surface area contributed by atoms with E-state index in [0.29, 0.717) is 5.56 Å². The number of phenolic OH excluding ortho intramolecular Hbond substituents is 1. The van der Waals surface area contributed by atoms with Crippen LogP contribution in [-0.2, 0) is 9.59 Å². The molecule has 4 amide bonds. The predicted octanol–water partition coefficient (Wildman–Crippen LogP) is 0.804. The van der Waals surface area contributed by atoms with E-state index in [2.05, 4.69) is 0 Å². The van der Waals surface area contributed by atoms with Crippen molar-refractivity contribution in [2.24, 2.45) is 0 Å². The molecule has 1 aliphatic heterocycles. The van der Waals surface area contributed by atoms with Gasteiger partial charge in [-0.25, -0.2) is 4.79 Å². The van der Waals surface area contributed by atoms with Gasteiger partial charge in [0.2, 0.25) is 0 Å². The van der Waals surface area contributed by atoms with Gasteiger partial charge in [0, 0.05) is 0 Å². The maximum atomic E-state index is 11.6. The van der Waals surface area contributed by atoms with Crippen LogP contribution in [0.4, 0.5) is 4.79 Å². The molecule has 1 aromatic carbocycles. The molecular weight excluding hydrogens is 288 g/mol. The minimum atomic E-state index is -0.876. The van der Waals surface area contributed by atoms with Crippen LogP contribution in [0.5, 0.6) is 11.5 Å². The second kappa shape index (κ2) is 5.22. The summed E-state index contributed by atoms with van der Waals surface area (Å²) >= 11 is 5.80. The van der Waals surface area contributed by atoms with Crippen molar-refractivity contribution in [2.75, 3.05) is 7.11 Å². The minimum absolute atomic E-state index is 0.00361. The molecule has 0 saturated carbocycles. The lowest BCUT2D eigenvalue weighted by Gasteiger charge is -2.14. The van der Waals surface area contributed by atoms with Crippen molar-refractivity contribution in [3.63, 3.8) is 0 Å². The Balaban J connectivity index is 2.45. The van der Waals surface area contributed by atoms with E-state index in [1.54, 1.807) is 0 Å². The summed E-state index contributed by atoms with van der Waals surface area (Å²) in [6.45, 7) is 0. The SMILES string of the molecule is COc1cc(C=C2C(=O)NC(=O)NC2=O)cc(Cl)c1O. The van der Waals surface area contributed by atoms with E-state index < -0.39 is 17.8 Å². The first-order valence-electron chi connectivity index (χ1n) is 5.37. The van der Waals surface area contributed by atoms with Crippen LogP contribution in [-0.4, -0.2) is 30.1 Å². The van der Waals surface area contributed by atoms with Gasteiger partial charge in [0.05, 0.1) is 12.1 Å². The zero-order chi connectivity index (χ0) is 14.9. The average molecular weight is 297 g/mol. The molecule has 0 bridgehead atoms. The lowest BCUT2D eigenvalue weighted by Crippen LogP contribution is -2.51. The standard InChI is InChI=1S/C12H9ClN2O5/c1-20-8-4-5(3-7(13)9(8)16)2-6-10(17)14-12(19)15-11(6)18/h2-4,16H,1H3,(H2,14,15,17,18,19). The van der Waals surface area contributed by atoms with Crippen LogP contribution in [0.25, 0.3) is 6.08 Å². The number of ether oxygens (including phenoxy) is 1. The molecule has 1 heterocycles. The number of phenols is 1. The quantitative estimate of drug-likeness (QED) is 0.553. The number of carbonyl (C=O) groups is 3. The van der Waals surface area contributed by atoms with E-state index in [9.17, 15) is 19.5 Å². The average Bonchev–Trinajstić information content (AvgIpc) is 2.37. The molecule has 0 spiro atoms. The van der Waals surface area contributed by atoms with Crippen LogP contribution >= 0.6 is 11.6 Å². The zero-order valence-electron chi connectivity index (χ0n) is 10.2. The molecule has 0 atom stereocenters. The van der Waals surface area contributed by atoms with Crippen molar-refractivity contribution in [2.45, 2.75) is 0 Å². The molecule has 2 rings (SSSR count). The molecule has 0 radical (unpaired) electrons. The number of benzene rings is 1. The molecule has 1 aliphatic rings. The van der Waals surface area contributed by atoms with E-state index in [-0.39, 0.29) is 22.1 Å². The summed E-state index contributed by atoms with van der Waals surface area (Å²) in [5.74, 6) is -1.79. The summed E-state index contributed by atoms with van der Waals surface area (Å²) < 4.78 is 4.91. The molecule has 0 aromatic heterocycles. The highest BCUT2D eigenvalue weighted by Gasteiger charge is 2.27. The molecule has 0 unspecified atom stereocenters. The topological polar surface area (TPSA) is 105 Å². The van der Waals surface area contributed by atoms with Crippen molar-refractivity contribution in [1.29, 1.82) is 0 Å². The van der Waals surface area contributed by atoms with E-state index in [1.807, 2.05) is 10.6 Å². The number of halogens is 1. The van der Waals surface area contributed by atoms with Crippen molar-refractivity contribution >= 4 is 35.5 Å². The fraction of sp³-hybridized carbons (Fsp3) is 0.0833. The van der Waals surface area contributed by atoms with Crippen molar-refractivity contribution in [3.05, 3.63) is 28.3 Å². The minimum Gasteiger partial charge on any atom is -0.503 e. The summed E-state index contributed by atoms with van der Waals surface area (Å²) in [6, 6.07) is 1.87. The zero-order valence-corrected chi connectivity index (χ0v) is 10.9. The Morgan fingerprint density at radius 3 is 2.35 bits per heavy atom. The van der Waals surface area contributed by atoms with Crippen LogP contribution < -0.4 is 15.4 Å². The van der Waals surface area contributed by atoms with Gasteiger partial charge < -0.3 is 9.84 Å². The van der Waals surface area contributed by atoms with Crippen LogP contribution in [0, 0.1) is 0 Å². The number of barbiturate groups is 1. The van der Waals surface area contributed by atoms with Gasteiger partial charge in [-0.05, 0) is 23.8 Å². The molecule has 7 nitrogen and oxygen atoms in total. The first-order valence-corrected chi connectivity index (χ1v) is 5.75. The molecule has 104 valence electrons. The Morgan fingerprint density at radius 1 is 1.20 bits per heavy atom. The van der Waals surface area contributed by atoms with Crippen molar-refractivity contribution in [3.8, 4) is 11.5 Å². The van der Waals surface area contributed by atoms with Crippen molar-refractivity contribution in [1.82, 2.24) is 10.6 Å². The second-order valence-corrected chi connectivity index (χ2v) is 4.26. The molecule has 0 aliphatic carbocycles. The number of hydrogen-bond acceptors (Lipinski definition) is 5. The third-order valence-corrected chi connectivity index (χ3v) is 2.81. The number of aromatic hydroxyl groups is 1. The number of carbonyl (C=O) groups excluding carboxylic acids is 3. The fourth-order valence-electron chi connectivity index (χ4n) is 1.61. The first kappa shape index (κ1) is 13.9. The molecule has 1 saturated heterocycles. The number of methoxy groups -OCH3 is 1. The van der Waals surface area contributed by atoms with Gasteiger partial charge in [0.15, 0.2) is 11.5 Å². The van der Waals surface area contributed by atoms with Gasteiger partial charge >= 0.3 is 6.03 Å². The normalized spacial score (nSPS) is 14.7. The number of urea groups is 1. The number of imide groups is 2. The summed E-state index contributed by atoms with van der Waals surface area (Å²) in [4.78, 5) is 34.0. The highest BCUT2D eigenvalue weighted by molar-refractivity contribution is 6.33. The van der Waals surface area contributed by atoms with E-state index in [1.165, 1.54) is 25.3 Å². The van der Waals surface area contributed by atoms with Gasteiger partial charge in [-0.2, -0.15) is 0 Å². The molecule has 1 fully saturated rings. The Hall–Kier alpha value is -2.54. The molecular formula is C12H9ClN2O5. The monoisotopic (exact) mass is 296 g/mol. The Bertz CT molecular complexity index is 631. The third kappa shape index (κ3) is 2.57. The number of hydrogen-bond donors (Lipinski definition) is 3. The Labute approximate surface area is 118 Å². The van der Waals surface area contributed by atoms with E-state index >= 15 is 0 Å². The van der Waals surface area contributed by atoms with Crippen LogP contribution in [0.3, 0.4) is 0 Å². The van der Waals surface area contributed by atoms with Gasteiger partial charge in [0.1, 0.15) is 5.57 Å². The van der Waals surface area contributed by atoms with Gasteiger partial charge in [-0.1, -0.05) is 11.6 Å². The van der Waals surface area contributed by atoms with Gasteiger partial charge in [-0.15, -0.1) is 0 Å². The summed E-state index contributed by atoms with van der Waals surface area (Å²) in [7, 11) is 1.33. The predicted molar refractivity (Wildman–Crippen MR) is 69.3 cm³/mol. The molecule has 20 heavy (non-hydrogen) atoms. The number of nitrogens with one attached hydrogen (secondary N) is 2. The maximum Gasteiger partial charge on any atom is 0.328 e. The third-order valence-electron chi connectivity index (χ3n) is 2.53. The highest BCUT2D eigenvalue weighted by Crippen LogP contribution is 2.35. The van der Waals surface area contributed by atoms with Crippen LogP contribution in [0.2, 0.25) is 5.02 Å². The summed E-state index contributed by atoms with van der Waals surface area (Å²) in [5, 5.41) is 13.5. The van der Waals surface area contributed by atoms with E-state index in [4.69, 9.17) is 16.3 Å². The Kier molecular flexibility index (Phi) is 3.62. The van der Waals surface area contributed by atoms with Gasteiger partial charge in [-0.3, -0.25) is 20.2 Å². The number of amides is 4. The second-order valence-electron chi connectivity index (χ2n) is 3.85. The first-order chi connectivity index (χ1) is 9.42. The number of rotatable bonds is 2. The van der Waals surface area contributed by atoms with Gasteiger partial charge in [0.25, 0.3) is 11.8 Å². The summed E-state index contributed by atoms with van der Waals surface area (Å²) in [5.41, 5.74) is 0.104. The summed E-state index contributed by atoms with van der Waals surface area (Å²) in [6.07, 6.45) is 1.23. The van der Waals surface area contributed by atoms with Crippen LogP contribution in [0.1, 0.15) is 5.56 Å². The highest BCUT2D eigenvalue weighted by atomic mass is 35.5. The fourth-order valence-corrected chi connectivity index (χ4v) is 1.82. The van der Waals surface area contributed by atoms with Crippen LogP contribution in [0.15, 0.2) is 17.7 Å². The Morgan fingerprint density at radius 2 is 1.80 bits per heavy atom. The molecule has 8 heteroatoms. The molecule has 3 N–H and O–H groups in total. The lowest BCUT2D eigenvalue weighted by atomic mass is 10.1. The molecule has 1 aromatic rings. The largest absolute Gasteiger partial charge is 0.503 e. The van der Waals surface area contributed by atoms with Crippen molar-refractivity contribution < 1.29 is 24.2 Å². The smallest absolute Gasteiger partial charge is 0.328 e. The maximum absolute atomic E-state index is 11.6. The van der Waals surface area contributed by atoms with E-state index in [0.717, 1.165) is 0 Å².